The summed E-state index contributed by atoms with van der Waals surface area (Å²) >= 11 is 0. The van der Waals surface area contributed by atoms with E-state index in [1.165, 1.54) is 0 Å². The van der Waals surface area contributed by atoms with Gasteiger partial charge in [-0.25, -0.2) is 4.98 Å². The summed E-state index contributed by atoms with van der Waals surface area (Å²) in [6, 6.07) is 4.37. The van der Waals surface area contributed by atoms with Crippen LogP contribution in [0.3, 0.4) is 0 Å². The third-order valence-corrected chi connectivity index (χ3v) is 2.90. The number of pyridine rings is 1. The number of nitrogens with one attached hydrogen (secondary N) is 1. The van der Waals surface area contributed by atoms with E-state index < -0.39 is 0 Å². The highest BCUT2D eigenvalue weighted by Crippen LogP contribution is 2.24. The van der Waals surface area contributed by atoms with E-state index in [-0.39, 0.29) is 0 Å². The molecule has 2 heterocycles. The first-order valence-electron chi connectivity index (χ1n) is 6.44. The maximum Gasteiger partial charge on any atom is 0.151 e. The molecule has 0 radical (unpaired) electrons. The summed E-state index contributed by atoms with van der Waals surface area (Å²) in [7, 11) is 1.93. The van der Waals surface area contributed by atoms with Crippen LogP contribution in [0.2, 0.25) is 0 Å². The minimum atomic E-state index is 0.364. The number of piperidine rings is 1. The van der Waals surface area contributed by atoms with Crippen molar-refractivity contribution < 1.29 is 0 Å². The lowest BCUT2D eigenvalue weighted by Gasteiger charge is -2.32. The second kappa shape index (κ2) is 7.12. The standard InChI is InChI=1S/C11H18N4.C2H6/c1-13-10-3-2-6-14-11(10)15-7-4-9(12)5-8-15;1-2/h2-3,6,9,13H,4-5,7-8,12H2,1H3;1-2H3. The van der Waals surface area contributed by atoms with E-state index in [1.54, 1.807) is 0 Å². The van der Waals surface area contributed by atoms with Crippen molar-refractivity contribution in [3.05, 3.63) is 18.3 Å². The van der Waals surface area contributed by atoms with E-state index in [2.05, 4.69) is 21.3 Å². The third kappa shape index (κ3) is 3.60. The summed E-state index contributed by atoms with van der Waals surface area (Å²) in [5.41, 5.74) is 6.97. The van der Waals surface area contributed by atoms with Crippen molar-refractivity contribution in [2.75, 3.05) is 30.4 Å². The van der Waals surface area contributed by atoms with Crippen LogP contribution in [0, 0.1) is 0 Å². The molecule has 96 valence electrons. The molecule has 0 atom stereocenters. The van der Waals surface area contributed by atoms with Crippen LogP contribution in [-0.4, -0.2) is 31.2 Å². The summed E-state index contributed by atoms with van der Waals surface area (Å²) in [5, 5.41) is 3.17. The van der Waals surface area contributed by atoms with Crippen LogP contribution in [0.25, 0.3) is 0 Å². The Bertz CT molecular complexity index is 319. The predicted molar refractivity (Wildman–Crippen MR) is 74.6 cm³/mol. The quantitative estimate of drug-likeness (QED) is 0.825. The predicted octanol–water partition coefficient (Wildman–Crippen LogP) is 2.08. The summed E-state index contributed by atoms with van der Waals surface area (Å²) in [6.45, 7) is 6.01. The second-order valence-electron chi connectivity index (χ2n) is 3.95. The van der Waals surface area contributed by atoms with Crippen molar-refractivity contribution >= 4 is 11.5 Å². The van der Waals surface area contributed by atoms with Gasteiger partial charge in [-0.3, -0.25) is 0 Å². The number of nitrogens with two attached hydrogens (primary N) is 1. The molecule has 1 aliphatic heterocycles. The maximum atomic E-state index is 5.88. The molecule has 17 heavy (non-hydrogen) atoms. The number of hydrogen-bond acceptors (Lipinski definition) is 4. The minimum Gasteiger partial charge on any atom is -0.385 e. The van der Waals surface area contributed by atoms with Gasteiger partial charge in [0.25, 0.3) is 0 Å². The Morgan fingerprint density at radius 3 is 2.59 bits per heavy atom. The molecule has 0 amide bonds. The summed E-state index contributed by atoms with van der Waals surface area (Å²) in [6.07, 6.45) is 3.95. The fraction of sp³-hybridized carbons (Fsp3) is 0.615. The van der Waals surface area contributed by atoms with E-state index in [4.69, 9.17) is 5.73 Å². The molecule has 0 spiro atoms. The van der Waals surface area contributed by atoms with Crippen LogP contribution >= 0.6 is 0 Å². The van der Waals surface area contributed by atoms with Crippen molar-refractivity contribution in [2.45, 2.75) is 32.7 Å². The molecule has 1 fully saturated rings. The number of rotatable bonds is 2. The first kappa shape index (κ1) is 13.8. The van der Waals surface area contributed by atoms with Gasteiger partial charge < -0.3 is 16.0 Å². The van der Waals surface area contributed by atoms with E-state index in [1.807, 2.05) is 33.2 Å². The van der Waals surface area contributed by atoms with Crippen LogP contribution in [0.4, 0.5) is 11.5 Å². The molecule has 0 saturated carbocycles. The van der Waals surface area contributed by atoms with Crippen molar-refractivity contribution in [3.8, 4) is 0 Å². The highest BCUT2D eigenvalue weighted by Gasteiger charge is 2.18. The molecule has 1 aromatic rings. The van der Waals surface area contributed by atoms with Gasteiger partial charge in [-0.2, -0.15) is 0 Å². The van der Waals surface area contributed by atoms with Gasteiger partial charge in [0.15, 0.2) is 5.82 Å². The van der Waals surface area contributed by atoms with Crippen LogP contribution in [0.1, 0.15) is 26.7 Å². The molecule has 0 unspecified atom stereocenters. The number of nitrogens with zero attached hydrogens (tertiary/aromatic N) is 2. The first-order valence-corrected chi connectivity index (χ1v) is 6.44. The zero-order valence-electron chi connectivity index (χ0n) is 11.1. The SMILES string of the molecule is CC.CNc1cccnc1N1CCC(N)CC1. The fourth-order valence-corrected chi connectivity index (χ4v) is 1.96. The molecule has 3 N–H and O–H groups in total. The Balaban J connectivity index is 0.000000686. The maximum absolute atomic E-state index is 5.88. The average molecular weight is 236 g/mol. The van der Waals surface area contributed by atoms with Gasteiger partial charge >= 0.3 is 0 Å². The Morgan fingerprint density at radius 2 is 2.00 bits per heavy atom. The van der Waals surface area contributed by atoms with Gasteiger partial charge in [0.05, 0.1) is 5.69 Å². The van der Waals surface area contributed by atoms with E-state index in [9.17, 15) is 0 Å². The van der Waals surface area contributed by atoms with Gasteiger partial charge in [0.2, 0.25) is 0 Å². The molecule has 4 nitrogen and oxygen atoms in total. The Hall–Kier alpha value is -1.29. The van der Waals surface area contributed by atoms with E-state index in [0.717, 1.165) is 37.4 Å². The van der Waals surface area contributed by atoms with Crippen LogP contribution in [0.5, 0.6) is 0 Å². The van der Waals surface area contributed by atoms with Gasteiger partial charge in [-0.1, -0.05) is 13.8 Å². The number of anilines is 2. The zero-order chi connectivity index (χ0) is 12.7. The van der Waals surface area contributed by atoms with Gasteiger partial charge in [0, 0.05) is 32.4 Å². The molecule has 1 aliphatic rings. The monoisotopic (exact) mass is 236 g/mol. The average Bonchev–Trinajstić information content (AvgIpc) is 2.42. The molecule has 1 aromatic heterocycles. The van der Waals surface area contributed by atoms with Crippen molar-refractivity contribution in [2.24, 2.45) is 5.73 Å². The Kier molecular flexibility index (Phi) is 5.77. The molecule has 4 heteroatoms. The van der Waals surface area contributed by atoms with E-state index >= 15 is 0 Å². The van der Waals surface area contributed by atoms with Crippen molar-refractivity contribution in [1.29, 1.82) is 0 Å². The smallest absolute Gasteiger partial charge is 0.151 e. The highest BCUT2D eigenvalue weighted by atomic mass is 15.2. The molecular weight excluding hydrogens is 212 g/mol. The lowest BCUT2D eigenvalue weighted by atomic mass is 10.1. The molecule has 2 rings (SSSR count). The van der Waals surface area contributed by atoms with Crippen LogP contribution in [-0.2, 0) is 0 Å². The van der Waals surface area contributed by atoms with Crippen molar-refractivity contribution in [1.82, 2.24) is 4.98 Å². The largest absolute Gasteiger partial charge is 0.385 e. The molecule has 0 aliphatic carbocycles. The lowest BCUT2D eigenvalue weighted by Crippen LogP contribution is -2.40. The topological polar surface area (TPSA) is 54.2 Å². The van der Waals surface area contributed by atoms with Crippen LogP contribution in [0.15, 0.2) is 18.3 Å². The number of hydrogen-bond donors (Lipinski definition) is 2. The molecule has 1 saturated heterocycles. The van der Waals surface area contributed by atoms with Gasteiger partial charge in [-0.05, 0) is 25.0 Å². The third-order valence-electron chi connectivity index (χ3n) is 2.90. The van der Waals surface area contributed by atoms with Crippen molar-refractivity contribution in [3.63, 3.8) is 0 Å². The fourth-order valence-electron chi connectivity index (χ4n) is 1.96. The molecule has 0 bridgehead atoms. The second-order valence-corrected chi connectivity index (χ2v) is 3.95. The Morgan fingerprint density at radius 1 is 1.35 bits per heavy atom. The molecule has 0 aromatic carbocycles. The lowest BCUT2D eigenvalue weighted by molar-refractivity contribution is 0.499. The summed E-state index contributed by atoms with van der Waals surface area (Å²) in [5.74, 6) is 1.05. The van der Waals surface area contributed by atoms with E-state index in [0.29, 0.717) is 6.04 Å². The molecular formula is C13H24N4. The Labute approximate surface area is 104 Å². The summed E-state index contributed by atoms with van der Waals surface area (Å²) in [4.78, 5) is 6.72. The zero-order valence-corrected chi connectivity index (χ0v) is 11.1. The minimum absolute atomic E-state index is 0.364. The highest BCUT2D eigenvalue weighted by molar-refractivity contribution is 5.65. The van der Waals surface area contributed by atoms with Gasteiger partial charge in [-0.15, -0.1) is 0 Å². The number of aromatic nitrogens is 1. The normalized spacial score (nSPS) is 16.1. The first-order chi connectivity index (χ1) is 8.31. The van der Waals surface area contributed by atoms with Gasteiger partial charge in [0.1, 0.15) is 0 Å². The van der Waals surface area contributed by atoms with Crippen LogP contribution < -0.4 is 16.0 Å². The summed E-state index contributed by atoms with van der Waals surface area (Å²) < 4.78 is 0.